The van der Waals surface area contributed by atoms with Crippen LogP contribution in [-0.4, -0.2) is 24.1 Å². The summed E-state index contributed by atoms with van der Waals surface area (Å²) in [4.78, 5) is 30.4. The first kappa shape index (κ1) is 39.4. The fourth-order valence-electron chi connectivity index (χ4n) is 11.8. The lowest BCUT2D eigenvalue weighted by molar-refractivity contribution is -0.165. The van der Waals surface area contributed by atoms with Crippen LogP contribution in [-0.2, 0) is 47.1 Å². The number of hydrogen-bond acceptors (Lipinski definition) is 4. The molecular formula is C53H62O4. The maximum Gasteiger partial charge on any atom is 0.321 e. The van der Waals surface area contributed by atoms with Crippen LogP contribution in [0.25, 0.3) is 0 Å². The Balaban J connectivity index is 1.17. The first-order chi connectivity index (χ1) is 27.3. The Morgan fingerprint density at radius 1 is 0.632 bits per heavy atom. The van der Waals surface area contributed by atoms with Gasteiger partial charge in [0.1, 0.15) is 23.5 Å². The van der Waals surface area contributed by atoms with Gasteiger partial charge in [-0.15, -0.1) is 0 Å². The number of benzene rings is 4. The molecule has 0 spiro atoms. The van der Waals surface area contributed by atoms with Crippen molar-refractivity contribution in [1.29, 1.82) is 0 Å². The molecule has 0 amide bonds. The molecule has 0 aliphatic heterocycles. The third-order valence-corrected chi connectivity index (χ3v) is 15.4. The summed E-state index contributed by atoms with van der Waals surface area (Å²) >= 11 is 0. The monoisotopic (exact) mass is 762 g/mol. The van der Waals surface area contributed by atoms with Gasteiger partial charge in [-0.1, -0.05) is 183 Å². The zero-order chi connectivity index (χ0) is 40.2. The third kappa shape index (κ3) is 6.69. The summed E-state index contributed by atoms with van der Waals surface area (Å²) in [5.41, 5.74) is 4.45. The topological polar surface area (TPSA) is 52.6 Å². The highest BCUT2D eigenvalue weighted by Gasteiger charge is 2.63. The Morgan fingerprint density at radius 2 is 1.14 bits per heavy atom. The lowest BCUT2D eigenvalue weighted by Crippen LogP contribution is -2.54. The molecule has 4 aliphatic rings. The van der Waals surface area contributed by atoms with Crippen LogP contribution in [0.5, 0.6) is 0 Å². The van der Waals surface area contributed by atoms with E-state index in [1.165, 1.54) is 11.1 Å². The van der Waals surface area contributed by atoms with Crippen LogP contribution in [0.15, 0.2) is 121 Å². The predicted octanol–water partition coefficient (Wildman–Crippen LogP) is 11.7. The summed E-state index contributed by atoms with van der Waals surface area (Å²) in [6.45, 7) is 16.0. The van der Waals surface area contributed by atoms with Crippen LogP contribution >= 0.6 is 0 Å². The van der Waals surface area contributed by atoms with E-state index in [4.69, 9.17) is 9.47 Å². The first-order valence-electron chi connectivity index (χ1n) is 21.7. The predicted molar refractivity (Wildman–Crippen MR) is 229 cm³/mol. The Hall–Kier alpha value is -4.44. The molecular weight excluding hydrogens is 701 g/mol. The van der Waals surface area contributed by atoms with E-state index in [0.717, 1.165) is 60.8 Å². The van der Waals surface area contributed by atoms with Crippen molar-refractivity contribution in [3.05, 3.63) is 155 Å². The highest BCUT2D eigenvalue weighted by molar-refractivity contribution is 5.95. The summed E-state index contributed by atoms with van der Waals surface area (Å²) < 4.78 is 13.8. The molecule has 2 saturated carbocycles. The summed E-state index contributed by atoms with van der Waals surface area (Å²) in [7, 11) is 0. The number of hydrogen-bond donors (Lipinski definition) is 0. The minimum atomic E-state index is -1.11. The van der Waals surface area contributed by atoms with Gasteiger partial charge in [0, 0.05) is 17.3 Å². The molecule has 0 saturated heterocycles. The van der Waals surface area contributed by atoms with Gasteiger partial charge < -0.3 is 9.47 Å². The highest BCUT2D eigenvalue weighted by Crippen LogP contribution is 2.60. The molecule has 298 valence electrons. The van der Waals surface area contributed by atoms with E-state index in [1.54, 1.807) is 0 Å². The quantitative estimate of drug-likeness (QED) is 0.126. The number of carbonyl (C=O) groups is 2. The Bertz CT molecular complexity index is 2100. The average Bonchev–Trinajstić information content (AvgIpc) is 3.49. The van der Waals surface area contributed by atoms with Crippen molar-refractivity contribution in [3.8, 4) is 0 Å². The average molecular weight is 763 g/mol. The Kier molecular flexibility index (Phi) is 10.4. The summed E-state index contributed by atoms with van der Waals surface area (Å²) in [5, 5.41) is 0. The van der Waals surface area contributed by atoms with E-state index in [0.29, 0.717) is 18.3 Å². The van der Waals surface area contributed by atoms with E-state index in [2.05, 4.69) is 158 Å². The van der Waals surface area contributed by atoms with Crippen LogP contribution < -0.4 is 0 Å². The second kappa shape index (κ2) is 15.1. The van der Waals surface area contributed by atoms with Gasteiger partial charge in [-0.05, 0) is 88.2 Å². The van der Waals surface area contributed by atoms with E-state index < -0.39 is 16.7 Å². The van der Waals surface area contributed by atoms with Gasteiger partial charge in [0.05, 0.1) is 0 Å². The minimum absolute atomic E-state index is 0.164. The lowest BCUT2D eigenvalue weighted by Gasteiger charge is -2.48. The second-order valence-electron chi connectivity index (χ2n) is 19.5. The van der Waals surface area contributed by atoms with Crippen molar-refractivity contribution >= 4 is 11.9 Å². The van der Waals surface area contributed by atoms with Gasteiger partial charge in [0.15, 0.2) is 0 Å². The molecule has 4 aliphatic carbocycles. The van der Waals surface area contributed by atoms with Crippen LogP contribution in [0.3, 0.4) is 0 Å². The highest BCUT2D eigenvalue weighted by atomic mass is 16.5. The van der Waals surface area contributed by atoms with Crippen molar-refractivity contribution in [2.75, 3.05) is 0 Å². The van der Waals surface area contributed by atoms with Gasteiger partial charge in [-0.2, -0.15) is 0 Å². The Labute approximate surface area is 341 Å². The van der Waals surface area contributed by atoms with Gasteiger partial charge >= 0.3 is 11.9 Å². The molecule has 9 atom stereocenters. The third-order valence-electron chi connectivity index (χ3n) is 15.4. The molecule has 4 aromatic carbocycles. The number of ether oxygens (including phenoxy) is 2. The molecule has 0 bridgehead atoms. The number of carbonyl (C=O) groups excluding carboxylic acids is 2. The molecule has 0 heterocycles. The molecule has 0 unspecified atom stereocenters. The SMILES string of the molecule is C[C@@H]1CC[C@@H](C(C)(C)c2ccccc2)[C@H](OC(=O)[C@@H]2C=C[C@@]3(C(=O)O[C@@H]4C[C@H](C)CC[C@H]4C(C)(C)c4ccccc4)c4c(cccc42)C[C@@]3(C)c2ccccc2)C1. The standard InChI is InChI=1S/C53H62O4/c1-35-26-28-43(50(3,4)38-19-11-8-12-20-38)45(32-35)56-48(54)42-30-31-53(47-37(18-17-25-41(42)47)34-52(53,7)40-23-15-10-16-24-40)49(55)57-46-33-36(2)27-29-44(46)51(5,6)39-21-13-9-14-22-39/h8-25,30-31,35-36,42-46H,26-29,32-34H2,1-7H3/t35-,36-,42-,43-,44-,45-,46-,52+,53+/m1/s1. The lowest BCUT2D eigenvalue weighted by atomic mass is 9.58. The zero-order valence-corrected chi connectivity index (χ0v) is 35.2. The molecule has 4 aromatic rings. The molecule has 0 N–H and O–H groups in total. The molecule has 4 heteroatoms. The van der Waals surface area contributed by atoms with Crippen molar-refractivity contribution < 1.29 is 19.1 Å². The van der Waals surface area contributed by atoms with E-state index in [9.17, 15) is 4.79 Å². The van der Waals surface area contributed by atoms with E-state index in [1.807, 2.05) is 12.1 Å². The van der Waals surface area contributed by atoms with Crippen LogP contribution in [0.2, 0.25) is 0 Å². The van der Waals surface area contributed by atoms with Crippen molar-refractivity contribution in [2.24, 2.45) is 23.7 Å². The van der Waals surface area contributed by atoms with Gasteiger partial charge in [-0.3, -0.25) is 9.59 Å². The summed E-state index contributed by atoms with van der Waals surface area (Å²) in [6, 6.07) is 38.1. The van der Waals surface area contributed by atoms with Crippen LogP contribution in [0.1, 0.15) is 126 Å². The molecule has 2 fully saturated rings. The van der Waals surface area contributed by atoms with Gasteiger partial charge in [-0.25, -0.2) is 0 Å². The smallest absolute Gasteiger partial charge is 0.321 e. The van der Waals surface area contributed by atoms with E-state index in [-0.39, 0.29) is 46.8 Å². The Morgan fingerprint density at radius 3 is 1.68 bits per heavy atom. The zero-order valence-electron chi connectivity index (χ0n) is 35.2. The van der Waals surface area contributed by atoms with Gasteiger partial charge in [0.2, 0.25) is 0 Å². The normalized spacial score (nSPS) is 31.0. The fraction of sp³-hybridized carbons (Fsp3) is 0.472. The van der Waals surface area contributed by atoms with E-state index >= 15 is 4.79 Å². The maximum atomic E-state index is 15.6. The fourth-order valence-corrected chi connectivity index (χ4v) is 11.8. The number of esters is 2. The molecule has 8 rings (SSSR count). The maximum absolute atomic E-state index is 15.6. The van der Waals surface area contributed by atoms with Crippen molar-refractivity contribution in [2.45, 2.75) is 133 Å². The summed E-state index contributed by atoms with van der Waals surface area (Å²) in [5.74, 6) is 0.231. The first-order valence-corrected chi connectivity index (χ1v) is 21.7. The van der Waals surface area contributed by atoms with Crippen LogP contribution in [0, 0.1) is 23.7 Å². The molecule has 0 aromatic heterocycles. The molecule has 4 nitrogen and oxygen atoms in total. The van der Waals surface area contributed by atoms with Crippen molar-refractivity contribution in [3.63, 3.8) is 0 Å². The van der Waals surface area contributed by atoms with Crippen molar-refractivity contribution in [1.82, 2.24) is 0 Å². The van der Waals surface area contributed by atoms with Gasteiger partial charge in [0.25, 0.3) is 0 Å². The van der Waals surface area contributed by atoms with Crippen LogP contribution in [0.4, 0.5) is 0 Å². The molecule has 57 heavy (non-hydrogen) atoms. The number of rotatable bonds is 9. The largest absolute Gasteiger partial charge is 0.461 e. The molecule has 0 radical (unpaired) electrons. The second-order valence-corrected chi connectivity index (χ2v) is 19.5. The summed E-state index contributed by atoms with van der Waals surface area (Å²) in [6.07, 6.45) is 10.2. The minimum Gasteiger partial charge on any atom is -0.461 e.